The van der Waals surface area contributed by atoms with Gasteiger partial charge in [-0.3, -0.25) is 4.99 Å². The van der Waals surface area contributed by atoms with Crippen LogP contribution in [-0.2, 0) is 11.3 Å². The topological polar surface area (TPSA) is 63.2 Å². The molecular formula is C22H30N4O. The molecule has 1 aromatic carbocycles. The van der Waals surface area contributed by atoms with Gasteiger partial charge in [-0.25, -0.2) is 0 Å². The van der Waals surface area contributed by atoms with E-state index in [0.29, 0.717) is 18.2 Å². The molecule has 0 bridgehead atoms. The van der Waals surface area contributed by atoms with E-state index < -0.39 is 0 Å². The summed E-state index contributed by atoms with van der Waals surface area (Å²) in [5.41, 5.74) is 3.92. The molecule has 1 saturated carbocycles. The summed E-state index contributed by atoms with van der Waals surface area (Å²) in [6.07, 6.45) is 7.92. The van der Waals surface area contributed by atoms with Crippen LogP contribution in [0.15, 0.2) is 28.3 Å². The fourth-order valence-electron chi connectivity index (χ4n) is 3.19. The molecule has 1 atom stereocenters. The van der Waals surface area contributed by atoms with Crippen molar-refractivity contribution in [2.75, 3.05) is 27.2 Å². The first-order valence-corrected chi connectivity index (χ1v) is 9.84. The Kier molecular flexibility index (Phi) is 7.03. The Morgan fingerprint density at radius 1 is 1.30 bits per heavy atom. The lowest BCUT2D eigenvalue weighted by atomic mass is 10.00. The normalized spacial score (nSPS) is 20.7. The molecule has 5 nitrogen and oxygen atoms in total. The molecule has 1 aromatic rings. The molecule has 1 aliphatic carbocycles. The maximum Gasteiger partial charge on any atom is 0.108 e. The molecule has 27 heavy (non-hydrogen) atoms. The van der Waals surface area contributed by atoms with E-state index in [9.17, 15) is 0 Å². The molecule has 2 fully saturated rings. The third-order valence-electron chi connectivity index (χ3n) is 4.80. The summed E-state index contributed by atoms with van der Waals surface area (Å²) >= 11 is 0. The first-order chi connectivity index (χ1) is 13.2. The van der Waals surface area contributed by atoms with Crippen molar-refractivity contribution in [1.82, 2.24) is 4.90 Å². The van der Waals surface area contributed by atoms with Crippen LogP contribution in [0.2, 0.25) is 0 Å². The van der Waals surface area contributed by atoms with Crippen molar-refractivity contribution < 1.29 is 4.74 Å². The molecule has 5 heteroatoms. The van der Waals surface area contributed by atoms with Gasteiger partial charge in [-0.05, 0) is 63.9 Å². The van der Waals surface area contributed by atoms with E-state index in [1.807, 2.05) is 6.07 Å². The maximum absolute atomic E-state index is 5.74. The van der Waals surface area contributed by atoms with Gasteiger partial charge in [0.2, 0.25) is 0 Å². The van der Waals surface area contributed by atoms with Gasteiger partial charge in [-0.1, -0.05) is 17.9 Å². The van der Waals surface area contributed by atoms with Gasteiger partial charge in [0, 0.05) is 36.4 Å². The average molecular weight is 367 g/mol. The average Bonchev–Trinajstić information content (AvgIpc) is 3.49. The number of benzene rings is 1. The summed E-state index contributed by atoms with van der Waals surface area (Å²) in [4.78, 5) is 6.69. The van der Waals surface area contributed by atoms with E-state index in [1.165, 1.54) is 19.3 Å². The lowest BCUT2D eigenvalue weighted by molar-refractivity contribution is 0.0226. The zero-order valence-electron chi connectivity index (χ0n) is 16.4. The summed E-state index contributed by atoms with van der Waals surface area (Å²) in [7, 11) is 4.11. The molecule has 0 aromatic heterocycles. The van der Waals surface area contributed by atoms with Crippen LogP contribution in [0.3, 0.4) is 0 Å². The Labute approximate surface area is 162 Å². The summed E-state index contributed by atoms with van der Waals surface area (Å²) in [5, 5.41) is 3.99. The van der Waals surface area contributed by atoms with Gasteiger partial charge < -0.3 is 15.5 Å². The molecule has 3 rings (SSSR count). The van der Waals surface area contributed by atoms with Crippen LogP contribution in [0.5, 0.6) is 0 Å². The molecule has 144 valence electrons. The molecule has 0 amide bonds. The minimum atomic E-state index is 0.218. The van der Waals surface area contributed by atoms with Crippen LogP contribution in [0, 0.1) is 17.8 Å². The number of hydrogen-bond donors (Lipinski definition) is 1. The van der Waals surface area contributed by atoms with Crippen molar-refractivity contribution in [1.29, 1.82) is 0 Å². The van der Waals surface area contributed by atoms with Gasteiger partial charge in [0.1, 0.15) is 5.71 Å². The highest BCUT2D eigenvalue weighted by molar-refractivity contribution is 6.38. The number of rotatable bonds is 6. The summed E-state index contributed by atoms with van der Waals surface area (Å²) in [6, 6.07) is 6.26. The van der Waals surface area contributed by atoms with Crippen molar-refractivity contribution in [3.8, 4) is 11.8 Å². The largest absolute Gasteiger partial charge is 0.376 e. The fourth-order valence-corrected chi connectivity index (χ4v) is 3.19. The van der Waals surface area contributed by atoms with E-state index >= 15 is 0 Å². The Morgan fingerprint density at radius 3 is 2.81 bits per heavy atom. The van der Waals surface area contributed by atoms with Crippen molar-refractivity contribution in [2.45, 2.75) is 44.8 Å². The van der Waals surface area contributed by atoms with Crippen LogP contribution in [-0.4, -0.2) is 50.2 Å². The van der Waals surface area contributed by atoms with Crippen molar-refractivity contribution in [3.63, 3.8) is 0 Å². The lowest BCUT2D eigenvalue weighted by Crippen LogP contribution is -2.22. The van der Waals surface area contributed by atoms with Crippen molar-refractivity contribution >= 4 is 11.9 Å². The second-order valence-electron chi connectivity index (χ2n) is 7.65. The SMILES string of the molecule is CN(C)Cc1cc(C#CC2CC2)ccc1/C(C=NCC1CCCCO1)=N/N. The van der Waals surface area contributed by atoms with Gasteiger partial charge in [-0.15, -0.1) is 0 Å². The quantitative estimate of drug-likeness (QED) is 0.364. The van der Waals surface area contributed by atoms with E-state index in [1.54, 1.807) is 6.21 Å². The number of hydrazone groups is 1. The van der Waals surface area contributed by atoms with Crippen LogP contribution in [0.4, 0.5) is 0 Å². The maximum atomic E-state index is 5.74. The number of hydrogen-bond acceptors (Lipinski definition) is 5. The standard InChI is InChI=1S/C22H30N4O/c1-26(2)16-19-13-18(9-8-17-6-7-17)10-11-21(19)22(25-23)15-24-14-20-5-3-4-12-27-20/h10-11,13,15,17,20H,3-7,12,14,16,23H2,1-2H3/b24-15?,25-22+. The highest BCUT2D eigenvalue weighted by atomic mass is 16.5. The highest BCUT2D eigenvalue weighted by Gasteiger charge is 2.18. The van der Waals surface area contributed by atoms with Gasteiger partial charge in [0.25, 0.3) is 0 Å². The van der Waals surface area contributed by atoms with Crippen molar-refractivity contribution in [2.24, 2.45) is 21.9 Å². The fraction of sp³-hybridized carbons (Fsp3) is 0.545. The number of nitrogens with zero attached hydrogens (tertiary/aromatic N) is 3. The second-order valence-corrected chi connectivity index (χ2v) is 7.65. The van der Waals surface area contributed by atoms with Crippen LogP contribution in [0.25, 0.3) is 0 Å². The third-order valence-corrected chi connectivity index (χ3v) is 4.80. The van der Waals surface area contributed by atoms with Gasteiger partial charge in [0.15, 0.2) is 0 Å². The monoisotopic (exact) mass is 366 g/mol. The van der Waals surface area contributed by atoms with E-state index in [0.717, 1.165) is 42.7 Å². The van der Waals surface area contributed by atoms with Gasteiger partial charge >= 0.3 is 0 Å². The van der Waals surface area contributed by atoms with E-state index in [-0.39, 0.29) is 6.10 Å². The lowest BCUT2D eigenvalue weighted by Gasteiger charge is -2.20. The second kappa shape index (κ2) is 9.68. The Hall–Kier alpha value is -2.16. The Morgan fingerprint density at radius 2 is 2.15 bits per heavy atom. The Bertz CT molecular complexity index is 747. The predicted molar refractivity (Wildman–Crippen MR) is 111 cm³/mol. The number of aliphatic imine (C=N–C) groups is 1. The zero-order chi connectivity index (χ0) is 19.1. The number of nitrogens with two attached hydrogens (primary N) is 1. The smallest absolute Gasteiger partial charge is 0.108 e. The minimum Gasteiger partial charge on any atom is -0.376 e. The molecule has 2 aliphatic rings. The Balaban J connectivity index is 1.75. The van der Waals surface area contributed by atoms with Gasteiger partial charge in [-0.2, -0.15) is 5.10 Å². The molecule has 1 unspecified atom stereocenters. The number of ether oxygens (including phenoxy) is 1. The first kappa shape index (κ1) is 19.6. The predicted octanol–water partition coefficient (Wildman–Crippen LogP) is 2.81. The highest BCUT2D eigenvalue weighted by Crippen LogP contribution is 2.27. The van der Waals surface area contributed by atoms with Crippen molar-refractivity contribution in [3.05, 3.63) is 34.9 Å². The molecular weight excluding hydrogens is 336 g/mol. The molecule has 0 radical (unpaired) electrons. The van der Waals surface area contributed by atoms with Crippen LogP contribution < -0.4 is 5.84 Å². The minimum absolute atomic E-state index is 0.218. The summed E-state index contributed by atoms with van der Waals surface area (Å²) in [6.45, 7) is 2.30. The summed E-state index contributed by atoms with van der Waals surface area (Å²) in [5.74, 6) is 12.9. The van der Waals surface area contributed by atoms with Crippen LogP contribution >= 0.6 is 0 Å². The van der Waals surface area contributed by atoms with E-state index in [4.69, 9.17) is 10.6 Å². The van der Waals surface area contributed by atoms with Crippen LogP contribution in [0.1, 0.15) is 48.8 Å². The molecule has 0 spiro atoms. The molecule has 1 saturated heterocycles. The van der Waals surface area contributed by atoms with E-state index in [2.05, 4.69) is 53.1 Å². The molecule has 1 aliphatic heterocycles. The third kappa shape index (κ3) is 6.20. The molecule has 1 heterocycles. The molecule has 2 N–H and O–H groups in total. The zero-order valence-corrected chi connectivity index (χ0v) is 16.4. The summed E-state index contributed by atoms with van der Waals surface area (Å²) < 4.78 is 5.74. The first-order valence-electron chi connectivity index (χ1n) is 9.84. The van der Waals surface area contributed by atoms with Gasteiger partial charge in [0.05, 0.1) is 12.6 Å².